The van der Waals surface area contributed by atoms with Crippen LogP contribution in [0.1, 0.15) is 24.5 Å². The zero-order valence-corrected chi connectivity index (χ0v) is 11.8. The highest BCUT2D eigenvalue weighted by Crippen LogP contribution is 2.14. The van der Waals surface area contributed by atoms with E-state index in [4.69, 9.17) is 5.11 Å². The predicted molar refractivity (Wildman–Crippen MR) is 76.0 cm³/mol. The van der Waals surface area contributed by atoms with Crippen LogP contribution in [0.5, 0.6) is 0 Å². The van der Waals surface area contributed by atoms with Crippen LogP contribution < -0.4 is 9.44 Å². The van der Waals surface area contributed by atoms with E-state index in [9.17, 15) is 8.42 Å². The Bertz CT molecular complexity index is 586. The smallest absolute Gasteiger partial charge is 0.299 e. The van der Waals surface area contributed by atoms with Crippen LogP contribution in [0.2, 0.25) is 0 Å². The summed E-state index contributed by atoms with van der Waals surface area (Å²) in [5, 5.41) is 8.66. The molecule has 0 aliphatic heterocycles. The second kappa shape index (κ2) is 7.14. The van der Waals surface area contributed by atoms with Gasteiger partial charge in [-0.05, 0) is 30.7 Å². The lowest BCUT2D eigenvalue weighted by atomic mass is 10.1. The van der Waals surface area contributed by atoms with Crippen LogP contribution in [-0.4, -0.2) is 26.7 Å². The predicted octanol–water partition coefficient (Wildman–Crippen LogP) is 0.995. The standard InChI is InChI=1S/C13H18N2O3S/c1-3-14-19(17,18)15-13-9-11(2)8-12(10-13)6-4-5-7-16/h8-10,14-16H,3,5,7H2,1-2H3. The Balaban J connectivity index is 2.95. The molecule has 104 valence electrons. The summed E-state index contributed by atoms with van der Waals surface area (Å²) in [7, 11) is -3.53. The summed E-state index contributed by atoms with van der Waals surface area (Å²) in [6.07, 6.45) is 0.395. The molecule has 1 aromatic rings. The Morgan fingerprint density at radius 2 is 2.05 bits per heavy atom. The van der Waals surface area contributed by atoms with Crippen molar-refractivity contribution < 1.29 is 13.5 Å². The number of hydrogen-bond acceptors (Lipinski definition) is 3. The van der Waals surface area contributed by atoms with E-state index in [0.717, 1.165) is 5.56 Å². The third-order valence-electron chi connectivity index (χ3n) is 2.13. The molecule has 3 N–H and O–H groups in total. The van der Waals surface area contributed by atoms with E-state index in [1.807, 2.05) is 13.0 Å². The van der Waals surface area contributed by atoms with Gasteiger partial charge in [0.2, 0.25) is 0 Å². The van der Waals surface area contributed by atoms with E-state index in [-0.39, 0.29) is 6.61 Å². The molecule has 1 aromatic carbocycles. The molecule has 0 radical (unpaired) electrons. The molecule has 0 heterocycles. The van der Waals surface area contributed by atoms with Crippen LogP contribution in [0.4, 0.5) is 5.69 Å². The van der Waals surface area contributed by atoms with Crippen molar-refractivity contribution in [2.75, 3.05) is 17.9 Å². The molecular weight excluding hydrogens is 264 g/mol. The van der Waals surface area contributed by atoms with Crippen molar-refractivity contribution >= 4 is 15.9 Å². The SMILES string of the molecule is CCNS(=O)(=O)Nc1cc(C)cc(C#CCCO)c1. The first-order valence-corrected chi connectivity index (χ1v) is 7.44. The molecule has 0 atom stereocenters. The Labute approximate surface area is 114 Å². The molecule has 0 bridgehead atoms. The molecule has 0 saturated heterocycles. The Hall–Kier alpha value is -1.55. The minimum absolute atomic E-state index is 0.0126. The van der Waals surface area contributed by atoms with Crippen molar-refractivity contribution in [2.45, 2.75) is 20.3 Å². The number of hydrogen-bond donors (Lipinski definition) is 3. The van der Waals surface area contributed by atoms with Crippen LogP contribution in [0, 0.1) is 18.8 Å². The summed E-state index contributed by atoms with van der Waals surface area (Å²) < 4.78 is 28.0. The summed E-state index contributed by atoms with van der Waals surface area (Å²) in [6.45, 7) is 3.91. The maximum atomic E-state index is 11.6. The summed E-state index contributed by atoms with van der Waals surface area (Å²) in [5.74, 6) is 5.68. The van der Waals surface area contributed by atoms with Crippen molar-refractivity contribution in [3.63, 3.8) is 0 Å². The lowest BCUT2D eigenvalue weighted by molar-refractivity contribution is 0.305. The largest absolute Gasteiger partial charge is 0.395 e. The average Bonchev–Trinajstić information content (AvgIpc) is 2.27. The van der Waals surface area contributed by atoms with E-state index in [2.05, 4.69) is 21.3 Å². The van der Waals surface area contributed by atoms with E-state index < -0.39 is 10.2 Å². The lowest BCUT2D eigenvalue weighted by Gasteiger charge is -2.09. The van der Waals surface area contributed by atoms with Crippen molar-refractivity contribution in [3.8, 4) is 11.8 Å². The number of rotatable bonds is 5. The number of nitrogens with one attached hydrogen (secondary N) is 2. The van der Waals surface area contributed by atoms with Gasteiger partial charge in [-0.3, -0.25) is 4.72 Å². The van der Waals surface area contributed by atoms with Crippen molar-refractivity contribution in [1.29, 1.82) is 0 Å². The van der Waals surface area contributed by atoms with Crippen LogP contribution in [-0.2, 0) is 10.2 Å². The van der Waals surface area contributed by atoms with E-state index in [0.29, 0.717) is 24.2 Å². The summed E-state index contributed by atoms with van der Waals surface area (Å²) in [4.78, 5) is 0. The topological polar surface area (TPSA) is 78.4 Å². The first kappa shape index (κ1) is 15.5. The summed E-state index contributed by atoms with van der Waals surface area (Å²) in [5.41, 5.74) is 2.09. The Morgan fingerprint density at radius 1 is 1.32 bits per heavy atom. The molecule has 0 aliphatic rings. The minimum Gasteiger partial charge on any atom is -0.395 e. The maximum Gasteiger partial charge on any atom is 0.299 e. The number of anilines is 1. The van der Waals surface area contributed by atoms with Crippen LogP contribution in [0.3, 0.4) is 0 Å². The molecule has 0 saturated carbocycles. The highest BCUT2D eigenvalue weighted by atomic mass is 32.2. The summed E-state index contributed by atoms with van der Waals surface area (Å²) >= 11 is 0. The quantitative estimate of drug-likeness (QED) is 0.705. The van der Waals surface area contributed by atoms with Gasteiger partial charge in [-0.2, -0.15) is 13.1 Å². The van der Waals surface area contributed by atoms with Crippen molar-refractivity contribution in [2.24, 2.45) is 0 Å². The molecule has 0 unspecified atom stereocenters. The van der Waals surface area contributed by atoms with Gasteiger partial charge >= 0.3 is 0 Å². The first-order valence-electron chi connectivity index (χ1n) is 5.95. The molecule has 0 spiro atoms. The van der Waals surface area contributed by atoms with E-state index >= 15 is 0 Å². The van der Waals surface area contributed by atoms with E-state index in [1.165, 1.54) is 0 Å². The molecule has 1 rings (SSSR count). The molecule has 0 aromatic heterocycles. The fourth-order valence-electron chi connectivity index (χ4n) is 1.52. The number of aryl methyl sites for hydroxylation is 1. The molecule has 5 nitrogen and oxygen atoms in total. The Kier molecular flexibility index (Phi) is 5.83. The zero-order valence-electron chi connectivity index (χ0n) is 11.0. The highest BCUT2D eigenvalue weighted by Gasteiger charge is 2.08. The average molecular weight is 282 g/mol. The molecule has 0 fully saturated rings. The fourth-order valence-corrected chi connectivity index (χ4v) is 2.40. The van der Waals surface area contributed by atoms with Gasteiger partial charge in [0, 0.05) is 18.5 Å². The number of aliphatic hydroxyl groups excluding tert-OH is 1. The molecular formula is C13H18N2O3S. The number of benzene rings is 1. The van der Waals surface area contributed by atoms with Gasteiger partial charge in [0.25, 0.3) is 10.2 Å². The lowest BCUT2D eigenvalue weighted by Crippen LogP contribution is -2.29. The highest BCUT2D eigenvalue weighted by molar-refractivity contribution is 7.90. The van der Waals surface area contributed by atoms with Gasteiger partial charge < -0.3 is 5.11 Å². The molecule has 6 heteroatoms. The van der Waals surface area contributed by atoms with Crippen molar-refractivity contribution in [3.05, 3.63) is 29.3 Å². The minimum atomic E-state index is -3.53. The normalized spacial score (nSPS) is 10.7. The first-order chi connectivity index (χ1) is 8.96. The van der Waals surface area contributed by atoms with Crippen LogP contribution in [0.25, 0.3) is 0 Å². The summed E-state index contributed by atoms with van der Waals surface area (Å²) in [6, 6.07) is 5.24. The van der Waals surface area contributed by atoms with Gasteiger partial charge in [-0.1, -0.05) is 18.8 Å². The van der Waals surface area contributed by atoms with Gasteiger partial charge in [0.15, 0.2) is 0 Å². The maximum absolute atomic E-state index is 11.6. The third kappa shape index (κ3) is 5.75. The van der Waals surface area contributed by atoms with Gasteiger partial charge in [-0.15, -0.1) is 0 Å². The second-order valence-electron chi connectivity index (χ2n) is 3.97. The molecule has 0 amide bonds. The van der Waals surface area contributed by atoms with Gasteiger partial charge in [-0.25, -0.2) is 0 Å². The van der Waals surface area contributed by atoms with Crippen molar-refractivity contribution in [1.82, 2.24) is 4.72 Å². The monoisotopic (exact) mass is 282 g/mol. The zero-order chi connectivity index (χ0) is 14.3. The number of aliphatic hydroxyl groups is 1. The molecule has 0 aliphatic carbocycles. The van der Waals surface area contributed by atoms with Crippen LogP contribution >= 0.6 is 0 Å². The Morgan fingerprint density at radius 3 is 2.68 bits per heavy atom. The van der Waals surface area contributed by atoms with Gasteiger partial charge in [0.1, 0.15) is 0 Å². The second-order valence-corrected chi connectivity index (χ2v) is 5.47. The fraction of sp³-hybridized carbons (Fsp3) is 0.385. The van der Waals surface area contributed by atoms with E-state index in [1.54, 1.807) is 19.1 Å². The third-order valence-corrected chi connectivity index (χ3v) is 3.31. The molecule has 19 heavy (non-hydrogen) atoms. The van der Waals surface area contributed by atoms with Gasteiger partial charge in [0.05, 0.1) is 12.3 Å². The van der Waals surface area contributed by atoms with Crippen LogP contribution in [0.15, 0.2) is 18.2 Å².